The molecule has 0 aliphatic carbocycles. The van der Waals surface area contributed by atoms with Crippen molar-refractivity contribution in [2.24, 2.45) is 0 Å². The molecule has 114 valence electrons. The highest BCUT2D eigenvalue weighted by atomic mass is 127. The minimum absolute atomic E-state index is 0.731. The maximum Gasteiger partial charge on any atom is 0.253 e. The molecule has 0 saturated heterocycles. The van der Waals surface area contributed by atoms with E-state index in [1.54, 1.807) is 0 Å². The number of ether oxygens (including phenoxy) is 1. The first-order chi connectivity index (χ1) is 8.92. The fourth-order valence-corrected chi connectivity index (χ4v) is 5.92. The van der Waals surface area contributed by atoms with Crippen LogP contribution in [0.5, 0.6) is 0 Å². The molecular formula is C14H27I3OSi. The Morgan fingerprint density at radius 2 is 1.37 bits per heavy atom. The molecule has 0 N–H and O–H groups in total. The lowest BCUT2D eigenvalue weighted by atomic mass is 10.1. The van der Waals surface area contributed by atoms with Crippen LogP contribution in [-0.4, -0.2) is 13.8 Å². The molecule has 0 bridgehead atoms. The Labute approximate surface area is 158 Å². The van der Waals surface area contributed by atoms with Gasteiger partial charge in [-0.05, 0) is 19.4 Å². The van der Waals surface area contributed by atoms with E-state index in [2.05, 4.69) is 72.0 Å². The van der Waals surface area contributed by atoms with Gasteiger partial charge in [-0.25, -0.2) is 0 Å². The molecule has 5 heteroatoms. The van der Waals surface area contributed by atoms with Gasteiger partial charge in [0, 0.05) is 6.61 Å². The number of halogens is 3. The summed E-state index contributed by atoms with van der Waals surface area (Å²) in [6.07, 6.45) is 11.0. The van der Waals surface area contributed by atoms with Crippen LogP contribution in [0.4, 0.5) is 0 Å². The lowest BCUT2D eigenvalue weighted by Gasteiger charge is -2.08. The summed E-state index contributed by atoms with van der Waals surface area (Å²) in [5.74, 6) is 0. The molecule has 0 aromatic rings. The topological polar surface area (TPSA) is 9.23 Å². The summed E-state index contributed by atoms with van der Waals surface area (Å²) in [5.41, 5.74) is 1.12. The average molecular weight is 620 g/mol. The maximum absolute atomic E-state index is 5.49. The lowest BCUT2D eigenvalue weighted by Crippen LogP contribution is -2.03. The first-order valence-electron chi connectivity index (χ1n) is 7.20. The summed E-state index contributed by atoms with van der Waals surface area (Å²) in [5, 5.41) is 0. The Balaban J connectivity index is 3.05. The van der Waals surface area contributed by atoms with Gasteiger partial charge in [-0.2, -0.15) is 0 Å². The van der Waals surface area contributed by atoms with E-state index in [4.69, 9.17) is 4.74 Å². The number of rotatable bonds is 13. The summed E-state index contributed by atoms with van der Waals surface area (Å²) in [6, 6.07) is 1.47. The Hall–Kier alpha value is 2.11. The van der Waals surface area contributed by atoms with Gasteiger partial charge in [0.25, 0.3) is 0.564 Å². The van der Waals surface area contributed by atoms with Gasteiger partial charge in [-0.3, -0.25) is 0 Å². The van der Waals surface area contributed by atoms with Crippen molar-refractivity contribution in [1.29, 1.82) is 0 Å². The number of hydrogen-bond acceptors (Lipinski definition) is 1. The second kappa shape index (κ2) is 13.7. The molecule has 0 aromatic heterocycles. The smallest absolute Gasteiger partial charge is 0.253 e. The first-order valence-corrected chi connectivity index (χ1v) is 18.8. The molecule has 0 fully saturated rings. The highest BCUT2D eigenvalue weighted by molar-refractivity contribution is 14.4. The fraction of sp³-hybridized carbons (Fsp3) is 0.857. The van der Waals surface area contributed by atoms with E-state index in [9.17, 15) is 0 Å². The van der Waals surface area contributed by atoms with Crippen molar-refractivity contribution in [3.63, 3.8) is 0 Å². The normalized spacial score (nSPS) is 11.8. The van der Waals surface area contributed by atoms with E-state index in [1.165, 1.54) is 57.4 Å². The molecule has 0 spiro atoms. The average Bonchev–Trinajstić information content (AvgIpc) is 2.28. The van der Waals surface area contributed by atoms with Gasteiger partial charge in [0.1, 0.15) is 0 Å². The van der Waals surface area contributed by atoms with Gasteiger partial charge in [0.05, 0.1) is 6.61 Å². The quantitative estimate of drug-likeness (QED) is 0.0713. The lowest BCUT2D eigenvalue weighted by molar-refractivity contribution is 0.151. The Kier molecular flexibility index (Phi) is 15.3. The van der Waals surface area contributed by atoms with Crippen LogP contribution in [0.2, 0.25) is 6.04 Å². The molecular weight excluding hydrogens is 593 g/mol. The third-order valence-electron chi connectivity index (χ3n) is 2.85. The largest absolute Gasteiger partial charge is 0.377 e. The first kappa shape index (κ1) is 21.1. The van der Waals surface area contributed by atoms with Crippen LogP contribution in [-0.2, 0) is 4.74 Å². The predicted molar refractivity (Wildman–Crippen MR) is 115 cm³/mol. The standard InChI is InChI=1S/C14H27I3OSi/c1-14(2)13-18-11-9-7-5-3-4-6-8-10-12-19(15,16)17/h1,3-13H2,2H3. The van der Waals surface area contributed by atoms with Crippen molar-refractivity contribution < 1.29 is 4.74 Å². The molecule has 0 aliphatic heterocycles. The second-order valence-corrected chi connectivity index (χ2v) is 42.1. The molecule has 0 saturated carbocycles. The summed E-state index contributed by atoms with van der Waals surface area (Å²) < 4.78 is 4.62. The monoisotopic (exact) mass is 620 g/mol. The Morgan fingerprint density at radius 3 is 1.84 bits per heavy atom. The Morgan fingerprint density at radius 1 is 0.895 bits per heavy atom. The zero-order chi connectivity index (χ0) is 14.6. The van der Waals surface area contributed by atoms with Gasteiger partial charge < -0.3 is 4.74 Å². The van der Waals surface area contributed by atoms with Crippen LogP contribution >= 0.6 is 65.4 Å². The molecule has 0 radical (unpaired) electrons. The van der Waals surface area contributed by atoms with Crippen LogP contribution in [0, 0.1) is 0 Å². The molecule has 0 heterocycles. The summed E-state index contributed by atoms with van der Waals surface area (Å²) in [7, 11) is 0. The molecule has 1 nitrogen and oxygen atoms in total. The van der Waals surface area contributed by atoms with Crippen molar-refractivity contribution in [3.05, 3.63) is 12.2 Å². The van der Waals surface area contributed by atoms with Crippen molar-refractivity contribution >= 4 is 66.0 Å². The summed E-state index contributed by atoms with van der Waals surface area (Å²) >= 11 is 8.00. The number of unbranched alkanes of at least 4 members (excludes halogenated alkanes) is 7. The second-order valence-electron chi connectivity index (χ2n) is 5.20. The third kappa shape index (κ3) is 20.1. The molecule has 0 amide bonds. The van der Waals surface area contributed by atoms with Crippen LogP contribution in [0.25, 0.3) is 0 Å². The molecule has 0 unspecified atom stereocenters. The zero-order valence-corrected chi connectivity index (χ0v) is 19.5. The summed E-state index contributed by atoms with van der Waals surface area (Å²) in [4.78, 5) is 0. The van der Waals surface area contributed by atoms with E-state index in [1.807, 2.05) is 6.92 Å². The van der Waals surface area contributed by atoms with Gasteiger partial charge in [0.15, 0.2) is 0 Å². The maximum atomic E-state index is 5.49. The minimum Gasteiger partial charge on any atom is -0.377 e. The number of hydrogen-bond donors (Lipinski definition) is 0. The minimum atomic E-state index is -0.870. The van der Waals surface area contributed by atoms with Gasteiger partial charge in [0.2, 0.25) is 0 Å². The van der Waals surface area contributed by atoms with Gasteiger partial charge >= 0.3 is 0 Å². The van der Waals surface area contributed by atoms with Crippen molar-refractivity contribution in [2.45, 2.75) is 64.3 Å². The van der Waals surface area contributed by atoms with E-state index in [0.717, 1.165) is 18.8 Å². The van der Waals surface area contributed by atoms with Crippen LogP contribution in [0.15, 0.2) is 12.2 Å². The van der Waals surface area contributed by atoms with Crippen molar-refractivity contribution in [2.75, 3.05) is 13.2 Å². The molecule has 19 heavy (non-hydrogen) atoms. The van der Waals surface area contributed by atoms with Crippen LogP contribution in [0.1, 0.15) is 58.3 Å². The molecule has 0 aromatic carbocycles. The van der Waals surface area contributed by atoms with E-state index in [-0.39, 0.29) is 0 Å². The van der Waals surface area contributed by atoms with Gasteiger partial charge in [-0.1, -0.05) is 122 Å². The highest BCUT2D eigenvalue weighted by Crippen LogP contribution is 2.35. The SMILES string of the molecule is C=C(C)COCCCCCCCCCC[Si](I)(I)I. The highest BCUT2D eigenvalue weighted by Gasteiger charge is 2.19. The Bertz CT molecular complexity index is 229. The van der Waals surface area contributed by atoms with E-state index < -0.39 is 0.564 Å². The van der Waals surface area contributed by atoms with E-state index >= 15 is 0 Å². The van der Waals surface area contributed by atoms with Crippen LogP contribution in [0.3, 0.4) is 0 Å². The van der Waals surface area contributed by atoms with Crippen molar-refractivity contribution in [3.8, 4) is 0 Å². The molecule has 0 aliphatic rings. The summed E-state index contributed by atoms with van der Waals surface area (Å²) in [6.45, 7) is 7.48. The fourth-order valence-electron chi connectivity index (χ4n) is 1.84. The zero-order valence-electron chi connectivity index (χ0n) is 12.0. The van der Waals surface area contributed by atoms with E-state index in [0.29, 0.717) is 0 Å². The third-order valence-corrected chi connectivity index (χ3v) is 8.62. The van der Waals surface area contributed by atoms with Crippen LogP contribution < -0.4 is 0 Å². The molecule has 0 rings (SSSR count). The van der Waals surface area contributed by atoms with Crippen molar-refractivity contribution in [1.82, 2.24) is 0 Å². The van der Waals surface area contributed by atoms with Gasteiger partial charge in [-0.15, -0.1) is 0 Å². The molecule has 0 atom stereocenters. The predicted octanol–water partition coefficient (Wildman–Crippen LogP) is 6.94.